The first kappa shape index (κ1) is 18.8. The van der Waals surface area contributed by atoms with Gasteiger partial charge < -0.3 is 14.7 Å². The standard InChI is InChI=1S/C20H21N3O4S/c24-18(15-2-1-13-28-15)16-17(14-3-5-21-6-4-14)23(20(26)19(16)25)8-7-22-9-11-27-12-10-22/h1-6,13,17,25H,7-12H2/t17-/m0/s1. The van der Waals surface area contributed by atoms with E-state index in [1.807, 2.05) is 0 Å². The van der Waals surface area contributed by atoms with Crippen molar-refractivity contribution in [3.8, 4) is 0 Å². The molecule has 1 amide bonds. The molecule has 0 saturated carbocycles. The van der Waals surface area contributed by atoms with Gasteiger partial charge in [0.25, 0.3) is 5.91 Å². The highest BCUT2D eigenvalue weighted by molar-refractivity contribution is 7.12. The van der Waals surface area contributed by atoms with E-state index in [2.05, 4.69) is 9.88 Å². The monoisotopic (exact) mass is 399 g/mol. The summed E-state index contributed by atoms with van der Waals surface area (Å²) in [6.45, 7) is 4.03. The minimum Gasteiger partial charge on any atom is -0.503 e. The molecule has 7 nitrogen and oxygen atoms in total. The predicted octanol–water partition coefficient (Wildman–Crippen LogP) is 2.05. The number of pyridine rings is 1. The SMILES string of the molecule is O=C(C1=C(O)C(=O)N(CCN2CCOCC2)[C@H]1c1ccncc1)c1cccs1. The molecule has 2 aliphatic heterocycles. The number of rotatable bonds is 6. The van der Waals surface area contributed by atoms with Crippen LogP contribution in [0.3, 0.4) is 0 Å². The van der Waals surface area contributed by atoms with E-state index in [1.54, 1.807) is 46.9 Å². The maximum Gasteiger partial charge on any atom is 0.290 e. The number of Topliss-reactive ketones (excluding diaryl/α,β-unsaturated/α-hetero) is 1. The summed E-state index contributed by atoms with van der Waals surface area (Å²) in [5, 5.41) is 12.4. The number of aliphatic hydroxyl groups is 1. The van der Waals surface area contributed by atoms with Crippen molar-refractivity contribution in [2.45, 2.75) is 6.04 Å². The Balaban J connectivity index is 1.64. The third-order valence-corrected chi connectivity index (χ3v) is 5.94. The van der Waals surface area contributed by atoms with Crippen molar-refractivity contribution >= 4 is 23.0 Å². The number of aromatic nitrogens is 1. The highest BCUT2D eigenvalue weighted by Gasteiger charge is 2.43. The topological polar surface area (TPSA) is 83.0 Å². The number of ketones is 1. The molecule has 0 aromatic carbocycles. The van der Waals surface area contributed by atoms with Crippen molar-refractivity contribution in [3.63, 3.8) is 0 Å². The lowest BCUT2D eigenvalue weighted by atomic mass is 9.96. The molecule has 2 aromatic heterocycles. The fourth-order valence-corrected chi connectivity index (χ4v) is 4.30. The zero-order valence-electron chi connectivity index (χ0n) is 15.3. The molecular formula is C20H21N3O4S. The maximum atomic E-state index is 13.1. The number of carbonyl (C=O) groups excluding carboxylic acids is 2. The van der Waals surface area contributed by atoms with Crippen molar-refractivity contribution < 1.29 is 19.4 Å². The molecule has 28 heavy (non-hydrogen) atoms. The Morgan fingerprint density at radius 2 is 1.96 bits per heavy atom. The second kappa shape index (κ2) is 8.22. The van der Waals surface area contributed by atoms with Crippen LogP contribution < -0.4 is 0 Å². The molecule has 0 aliphatic carbocycles. The molecule has 0 spiro atoms. The van der Waals surface area contributed by atoms with Crippen molar-refractivity contribution in [1.29, 1.82) is 0 Å². The fraction of sp³-hybridized carbons (Fsp3) is 0.350. The molecule has 4 heterocycles. The molecule has 1 fully saturated rings. The van der Waals surface area contributed by atoms with Crippen LogP contribution in [0.5, 0.6) is 0 Å². The van der Waals surface area contributed by atoms with Crippen molar-refractivity contribution in [3.05, 3.63) is 63.8 Å². The van der Waals surface area contributed by atoms with Gasteiger partial charge in [0.15, 0.2) is 5.76 Å². The molecule has 4 rings (SSSR count). The van der Waals surface area contributed by atoms with E-state index < -0.39 is 17.7 Å². The molecular weight excluding hydrogens is 378 g/mol. The Morgan fingerprint density at radius 1 is 1.21 bits per heavy atom. The van der Waals surface area contributed by atoms with E-state index >= 15 is 0 Å². The first-order valence-corrected chi connectivity index (χ1v) is 10.1. The highest BCUT2D eigenvalue weighted by atomic mass is 32.1. The van der Waals surface area contributed by atoms with Gasteiger partial charge in [-0.2, -0.15) is 0 Å². The number of thiophene rings is 1. The van der Waals surface area contributed by atoms with Gasteiger partial charge in [-0.1, -0.05) is 6.07 Å². The summed E-state index contributed by atoms with van der Waals surface area (Å²) in [5.41, 5.74) is 0.898. The molecule has 2 aromatic rings. The molecule has 2 aliphatic rings. The van der Waals surface area contributed by atoms with Crippen molar-refractivity contribution in [1.82, 2.24) is 14.8 Å². The Bertz CT molecular complexity index is 876. The number of morpholine rings is 1. The summed E-state index contributed by atoms with van der Waals surface area (Å²) in [7, 11) is 0. The lowest BCUT2D eigenvalue weighted by Gasteiger charge is -2.31. The molecule has 1 atom stereocenters. The van der Waals surface area contributed by atoms with Gasteiger partial charge in [-0.05, 0) is 29.1 Å². The summed E-state index contributed by atoms with van der Waals surface area (Å²) < 4.78 is 5.37. The largest absolute Gasteiger partial charge is 0.503 e. The third-order valence-electron chi connectivity index (χ3n) is 5.08. The van der Waals surface area contributed by atoms with Crippen LogP contribution in [-0.2, 0) is 9.53 Å². The number of ether oxygens (including phenoxy) is 1. The summed E-state index contributed by atoms with van der Waals surface area (Å²) in [5.74, 6) is -1.27. The summed E-state index contributed by atoms with van der Waals surface area (Å²) >= 11 is 1.30. The van der Waals surface area contributed by atoms with Crippen LogP contribution >= 0.6 is 11.3 Å². The van der Waals surface area contributed by atoms with Gasteiger partial charge in [-0.15, -0.1) is 11.3 Å². The van der Waals surface area contributed by atoms with Gasteiger partial charge >= 0.3 is 0 Å². The molecule has 0 unspecified atom stereocenters. The molecule has 0 bridgehead atoms. The number of carbonyl (C=O) groups is 2. The number of hydrogen-bond acceptors (Lipinski definition) is 7. The minimum atomic E-state index is -0.619. The zero-order chi connectivity index (χ0) is 19.5. The van der Waals surface area contributed by atoms with Gasteiger partial charge in [0, 0.05) is 38.6 Å². The van der Waals surface area contributed by atoms with Crippen LogP contribution in [0.1, 0.15) is 21.3 Å². The number of aliphatic hydroxyl groups excluding tert-OH is 1. The minimum absolute atomic E-state index is 0.139. The van der Waals surface area contributed by atoms with Gasteiger partial charge in [0.1, 0.15) is 0 Å². The lowest BCUT2D eigenvalue weighted by Crippen LogP contribution is -2.43. The quantitative estimate of drug-likeness (QED) is 0.749. The van der Waals surface area contributed by atoms with E-state index in [0.29, 0.717) is 31.2 Å². The number of nitrogens with zero attached hydrogens (tertiary/aromatic N) is 3. The molecule has 1 saturated heterocycles. The maximum absolute atomic E-state index is 13.1. The van der Waals surface area contributed by atoms with E-state index in [0.717, 1.165) is 18.7 Å². The molecule has 146 valence electrons. The van der Waals surface area contributed by atoms with E-state index in [-0.39, 0.29) is 11.4 Å². The lowest BCUT2D eigenvalue weighted by molar-refractivity contribution is -0.129. The zero-order valence-corrected chi connectivity index (χ0v) is 16.1. The summed E-state index contributed by atoms with van der Waals surface area (Å²) in [6.07, 6.45) is 3.26. The van der Waals surface area contributed by atoms with Crippen LogP contribution in [0.15, 0.2) is 53.4 Å². The van der Waals surface area contributed by atoms with E-state index in [9.17, 15) is 14.7 Å². The second-order valence-electron chi connectivity index (χ2n) is 6.70. The summed E-state index contributed by atoms with van der Waals surface area (Å²) in [4.78, 5) is 34.3. The van der Waals surface area contributed by atoms with Crippen LogP contribution in [-0.4, -0.2) is 71.0 Å². The first-order valence-electron chi connectivity index (χ1n) is 9.19. The highest BCUT2D eigenvalue weighted by Crippen LogP contribution is 2.39. The Kier molecular flexibility index (Phi) is 5.52. The average molecular weight is 399 g/mol. The van der Waals surface area contributed by atoms with Crippen LogP contribution in [0.4, 0.5) is 0 Å². The Hall–Kier alpha value is -2.55. The van der Waals surface area contributed by atoms with Gasteiger partial charge in [0.2, 0.25) is 5.78 Å². The van der Waals surface area contributed by atoms with Crippen molar-refractivity contribution in [2.24, 2.45) is 0 Å². The van der Waals surface area contributed by atoms with Gasteiger partial charge in [0.05, 0.1) is 29.7 Å². The fourth-order valence-electron chi connectivity index (χ4n) is 3.62. The van der Waals surface area contributed by atoms with Crippen molar-refractivity contribution in [2.75, 3.05) is 39.4 Å². The van der Waals surface area contributed by atoms with Crippen LogP contribution in [0, 0.1) is 0 Å². The second-order valence-corrected chi connectivity index (χ2v) is 7.65. The number of amides is 1. The molecule has 0 radical (unpaired) electrons. The Morgan fingerprint density at radius 3 is 2.64 bits per heavy atom. The van der Waals surface area contributed by atoms with Crippen LogP contribution in [0.2, 0.25) is 0 Å². The van der Waals surface area contributed by atoms with Crippen LogP contribution in [0.25, 0.3) is 0 Å². The molecule has 1 N–H and O–H groups in total. The smallest absolute Gasteiger partial charge is 0.290 e. The Labute approximate surface area is 166 Å². The third kappa shape index (κ3) is 3.58. The normalized spacial score (nSPS) is 20.8. The first-order chi connectivity index (χ1) is 13.7. The number of hydrogen-bond donors (Lipinski definition) is 1. The average Bonchev–Trinajstić information content (AvgIpc) is 3.36. The summed E-state index contributed by atoms with van der Waals surface area (Å²) in [6, 6.07) is 6.42. The van der Waals surface area contributed by atoms with Gasteiger partial charge in [-0.25, -0.2) is 0 Å². The van der Waals surface area contributed by atoms with E-state index in [4.69, 9.17) is 4.74 Å². The predicted molar refractivity (Wildman–Crippen MR) is 104 cm³/mol. The van der Waals surface area contributed by atoms with E-state index in [1.165, 1.54) is 11.3 Å². The molecule has 8 heteroatoms. The van der Waals surface area contributed by atoms with Gasteiger partial charge in [-0.3, -0.25) is 19.5 Å².